The van der Waals surface area contributed by atoms with Crippen LogP contribution in [0.4, 0.5) is 8.78 Å². The Morgan fingerprint density at radius 3 is 2.46 bits per heavy atom. The molecule has 0 aromatic heterocycles. The fourth-order valence-electron chi connectivity index (χ4n) is 0.823. The van der Waals surface area contributed by atoms with Gasteiger partial charge in [0.05, 0.1) is 6.10 Å². The lowest BCUT2D eigenvalue weighted by atomic mass is 10.1. The van der Waals surface area contributed by atoms with Crippen LogP contribution >= 0.6 is 0 Å². The monoisotopic (exact) mass is 194 g/mol. The molecule has 2 nitrogen and oxygen atoms in total. The Balaban J connectivity index is 3.63. The van der Waals surface area contributed by atoms with E-state index in [1.165, 1.54) is 0 Å². The lowest BCUT2D eigenvalue weighted by Crippen LogP contribution is -2.18. The second-order valence-electron chi connectivity index (χ2n) is 3.26. The second kappa shape index (κ2) is 5.14. The highest BCUT2D eigenvalue weighted by Gasteiger charge is 2.22. The lowest BCUT2D eigenvalue weighted by Gasteiger charge is -2.15. The van der Waals surface area contributed by atoms with Crippen LogP contribution in [-0.4, -0.2) is 18.0 Å². The molecule has 0 saturated heterocycles. The Morgan fingerprint density at radius 1 is 1.54 bits per heavy atom. The summed E-state index contributed by atoms with van der Waals surface area (Å²) in [6.07, 6.45) is -0.175. The van der Waals surface area contributed by atoms with Gasteiger partial charge in [0.15, 0.2) is 0 Å². The number of alkyl halides is 2. The number of ether oxygens (including phenoxy) is 1. The Hall–Kier alpha value is -0.670. The first-order valence-corrected chi connectivity index (χ1v) is 4.42. The normalized spacial score (nSPS) is 13.9. The first-order valence-electron chi connectivity index (χ1n) is 4.42. The summed E-state index contributed by atoms with van der Waals surface area (Å²) in [6, 6.07) is 0. The van der Waals surface area contributed by atoms with Gasteiger partial charge in [-0.15, -0.1) is 0 Å². The number of halogens is 2. The van der Waals surface area contributed by atoms with Gasteiger partial charge in [-0.3, -0.25) is 4.79 Å². The quantitative estimate of drug-likeness (QED) is 0.629. The average molecular weight is 194 g/mol. The van der Waals surface area contributed by atoms with Crippen molar-refractivity contribution in [2.45, 2.75) is 52.1 Å². The predicted octanol–water partition coefficient (Wildman–Crippen LogP) is 2.76. The largest absolute Gasteiger partial charge is 0.463 e. The molecule has 0 aromatic carbocycles. The molecule has 0 fully saturated rings. The molecule has 0 aromatic rings. The van der Waals surface area contributed by atoms with Crippen LogP contribution < -0.4 is 0 Å². The van der Waals surface area contributed by atoms with Crippen LogP contribution in [0.5, 0.6) is 0 Å². The van der Waals surface area contributed by atoms with E-state index in [0.29, 0.717) is 0 Å². The van der Waals surface area contributed by atoms with Crippen LogP contribution in [0.25, 0.3) is 0 Å². The minimum atomic E-state index is -2.67. The van der Waals surface area contributed by atoms with Gasteiger partial charge in [0.2, 0.25) is 5.92 Å². The highest BCUT2D eigenvalue weighted by atomic mass is 19.3. The van der Waals surface area contributed by atoms with Gasteiger partial charge < -0.3 is 4.74 Å². The molecule has 13 heavy (non-hydrogen) atoms. The second-order valence-corrected chi connectivity index (χ2v) is 3.26. The number of rotatable bonds is 5. The van der Waals surface area contributed by atoms with Crippen molar-refractivity contribution in [3.05, 3.63) is 0 Å². The van der Waals surface area contributed by atoms with Crippen molar-refractivity contribution >= 4 is 5.97 Å². The van der Waals surface area contributed by atoms with Crippen LogP contribution in [0, 0.1) is 0 Å². The van der Waals surface area contributed by atoms with E-state index in [-0.39, 0.29) is 25.2 Å². The van der Waals surface area contributed by atoms with Crippen molar-refractivity contribution in [2.24, 2.45) is 0 Å². The van der Waals surface area contributed by atoms with E-state index in [2.05, 4.69) is 0 Å². The highest BCUT2D eigenvalue weighted by molar-refractivity contribution is 5.69. The van der Waals surface area contributed by atoms with Crippen molar-refractivity contribution in [3.8, 4) is 0 Å². The molecule has 0 N–H and O–H groups in total. The summed E-state index contributed by atoms with van der Waals surface area (Å²) >= 11 is 0. The van der Waals surface area contributed by atoms with E-state index in [0.717, 1.165) is 6.92 Å². The topological polar surface area (TPSA) is 26.3 Å². The SMILES string of the molecule is CCC(=O)OC(C)CCC(C)(F)F. The molecule has 0 heterocycles. The lowest BCUT2D eigenvalue weighted by molar-refractivity contribution is -0.148. The minimum absolute atomic E-state index is 0.204. The van der Waals surface area contributed by atoms with Crippen molar-refractivity contribution < 1.29 is 18.3 Å². The average Bonchev–Trinajstić information content (AvgIpc) is 1.99. The summed E-state index contributed by atoms with van der Waals surface area (Å²) in [5, 5.41) is 0. The smallest absolute Gasteiger partial charge is 0.305 e. The summed E-state index contributed by atoms with van der Waals surface area (Å²) in [5.74, 6) is -3.01. The van der Waals surface area contributed by atoms with Crippen LogP contribution in [0.15, 0.2) is 0 Å². The Bertz CT molecular complexity index is 163. The molecule has 0 rings (SSSR count). The maximum absolute atomic E-state index is 12.4. The minimum Gasteiger partial charge on any atom is -0.463 e. The van der Waals surface area contributed by atoms with Gasteiger partial charge in [0.25, 0.3) is 0 Å². The Labute approximate surface area is 77.3 Å². The van der Waals surface area contributed by atoms with Gasteiger partial charge in [-0.1, -0.05) is 6.92 Å². The Kier molecular flexibility index (Phi) is 4.88. The third-order valence-electron chi connectivity index (χ3n) is 1.61. The zero-order valence-corrected chi connectivity index (χ0v) is 8.27. The fraction of sp³-hybridized carbons (Fsp3) is 0.889. The van der Waals surface area contributed by atoms with E-state index < -0.39 is 12.0 Å². The molecule has 0 amide bonds. The van der Waals surface area contributed by atoms with E-state index in [1.807, 2.05) is 0 Å². The van der Waals surface area contributed by atoms with Crippen molar-refractivity contribution in [1.82, 2.24) is 0 Å². The zero-order valence-electron chi connectivity index (χ0n) is 8.27. The molecule has 0 bridgehead atoms. The molecule has 1 unspecified atom stereocenters. The number of carbonyl (C=O) groups excluding carboxylic acids is 1. The first kappa shape index (κ1) is 12.3. The molecule has 0 aliphatic heterocycles. The summed E-state index contributed by atoms with van der Waals surface area (Å²) < 4.78 is 29.5. The third-order valence-corrected chi connectivity index (χ3v) is 1.61. The van der Waals surface area contributed by atoms with Crippen LogP contribution in [-0.2, 0) is 9.53 Å². The highest BCUT2D eigenvalue weighted by Crippen LogP contribution is 2.20. The van der Waals surface area contributed by atoms with Crippen LogP contribution in [0.2, 0.25) is 0 Å². The van der Waals surface area contributed by atoms with Gasteiger partial charge in [-0.25, -0.2) is 8.78 Å². The standard InChI is InChI=1S/C9H16F2O2/c1-4-8(12)13-7(2)5-6-9(3,10)11/h7H,4-6H2,1-3H3. The van der Waals surface area contributed by atoms with Crippen LogP contribution in [0.1, 0.15) is 40.0 Å². The summed E-state index contributed by atoms with van der Waals surface area (Å²) in [7, 11) is 0. The molecule has 0 spiro atoms. The summed E-state index contributed by atoms with van der Waals surface area (Å²) in [6.45, 7) is 4.16. The van der Waals surface area contributed by atoms with Crippen LogP contribution in [0.3, 0.4) is 0 Å². The molecular formula is C9H16F2O2. The molecule has 78 valence electrons. The molecule has 1 atom stereocenters. The van der Waals surface area contributed by atoms with Gasteiger partial charge >= 0.3 is 5.97 Å². The van der Waals surface area contributed by atoms with E-state index in [1.54, 1.807) is 13.8 Å². The number of hydrogen-bond acceptors (Lipinski definition) is 2. The molecular weight excluding hydrogens is 178 g/mol. The van der Waals surface area contributed by atoms with Crippen molar-refractivity contribution in [3.63, 3.8) is 0 Å². The molecule has 4 heteroatoms. The molecule has 0 saturated carbocycles. The molecule has 0 aliphatic carbocycles. The molecule has 0 radical (unpaired) electrons. The van der Waals surface area contributed by atoms with Gasteiger partial charge in [-0.2, -0.15) is 0 Å². The van der Waals surface area contributed by atoms with Gasteiger partial charge in [0, 0.05) is 12.8 Å². The maximum atomic E-state index is 12.4. The Morgan fingerprint density at radius 2 is 2.08 bits per heavy atom. The molecule has 0 aliphatic rings. The number of esters is 1. The van der Waals surface area contributed by atoms with E-state index in [4.69, 9.17) is 4.74 Å². The summed E-state index contributed by atoms with van der Waals surface area (Å²) in [4.78, 5) is 10.7. The van der Waals surface area contributed by atoms with Crippen molar-refractivity contribution in [1.29, 1.82) is 0 Å². The van der Waals surface area contributed by atoms with Crippen molar-refractivity contribution in [2.75, 3.05) is 0 Å². The van der Waals surface area contributed by atoms with Gasteiger partial charge in [0.1, 0.15) is 0 Å². The fourth-order valence-corrected chi connectivity index (χ4v) is 0.823. The zero-order chi connectivity index (χ0) is 10.5. The van der Waals surface area contributed by atoms with E-state index in [9.17, 15) is 13.6 Å². The van der Waals surface area contributed by atoms with E-state index >= 15 is 0 Å². The maximum Gasteiger partial charge on any atom is 0.305 e. The summed E-state index contributed by atoms with van der Waals surface area (Å²) in [5.41, 5.74) is 0. The number of hydrogen-bond donors (Lipinski definition) is 0. The predicted molar refractivity (Wildman–Crippen MR) is 45.7 cm³/mol. The third kappa shape index (κ3) is 7.68. The first-order chi connectivity index (χ1) is 5.85. The van der Waals surface area contributed by atoms with Gasteiger partial charge in [-0.05, 0) is 20.3 Å². The number of carbonyl (C=O) groups is 1.